The number of benzene rings is 2. The Bertz CT molecular complexity index is 1000. The Hall–Kier alpha value is -4.04. The molecule has 0 aliphatic rings. The monoisotopic (exact) mass is 490 g/mol. The minimum atomic E-state index is -0.830. The Morgan fingerprint density at radius 2 is 1.03 bits per heavy atom. The molecule has 0 saturated carbocycles. The van der Waals surface area contributed by atoms with Crippen molar-refractivity contribution in [2.75, 3.05) is 0 Å². The summed E-state index contributed by atoms with van der Waals surface area (Å²) in [6.45, 7) is 11.7. The zero-order valence-corrected chi connectivity index (χ0v) is 21.8. The molecule has 36 heavy (non-hydrogen) atoms. The second kappa shape index (κ2) is 14.4. The van der Waals surface area contributed by atoms with Gasteiger partial charge >= 0.3 is 11.9 Å². The van der Waals surface area contributed by atoms with Crippen molar-refractivity contribution in [1.29, 1.82) is 10.5 Å². The highest BCUT2D eigenvalue weighted by molar-refractivity contribution is 5.92. The Morgan fingerprint density at radius 1 is 0.722 bits per heavy atom. The number of nitrogens with zero attached hydrogens (tertiary/aromatic N) is 4. The lowest BCUT2D eigenvalue weighted by molar-refractivity contribution is -0.187. The fourth-order valence-electron chi connectivity index (χ4n) is 3.35. The second-order valence-electron chi connectivity index (χ2n) is 9.64. The maximum absolute atomic E-state index is 11.5. The summed E-state index contributed by atoms with van der Waals surface area (Å²) >= 11 is 0. The molecule has 0 saturated heterocycles. The molecule has 0 heterocycles. The fraction of sp³-hybridized carbons (Fsp3) is 0.429. The molecule has 190 valence electrons. The third-order valence-electron chi connectivity index (χ3n) is 4.80. The molecule has 0 fully saturated rings. The lowest BCUT2D eigenvalue weighted by Crippen LogP contribution is -2.26. The normalized spacial score (nSPS) is 13.9. The van der Waals surface area contributed by atoms with Crippen LogP contribution >= 0.6 is 0 Å². The molecule has 0 aliphatic heterocycles. The molecular weight excluding hydrogens is 456 g/mol. The highest BCUT2D eigenvalue weighted by Crippen LogP contribution is 2.26. The Morgan fingerprint density at radius 3 is 1.28 bits per heavy atom. The van der Waals surface area contributed by atoms with Gasteiger partial charge in [-0.15, -0.1) is 0 Å². The Labute approximate surface area is 213 Å². The number of azo groups is 1. The molecule has 0 aliphatic carbocycles. The Kier molecular flexibility index (Phi) is 12.0. The smallest absolute Gasteiger partial charge is 0.242 e. The van der Waals surface area contributed by atoms with Crippen molar-refractivity contribution >= 4 is 11.9 Å². The van der Waals surface area contributed by atoms with E-state index in [1.807, 2.05) is 27.7 Å². The summed E-state index contributed by atoms with van der Waals surface area (Å²) in [4.78, 5) is 31.9. The molecule has 2 rings (SSSR count). The number of nitriles is 2. The van der Waals surface area contributed by atoms with Crippen LogP contribution in [0.4, 0.5) is 0 Å². The first-order chi connectivity index (χ1) is 16.9. The van der Waals surface area contributed by atoms with Gasteiger partial charge in [-0.2, -0.15) is 20.8 Å². The van der Waals surface area contributed by atoms with Crippen LogP contribution in [0.5, 0.6) is 0 Å². The molecule has 0 radical (unpaired) electrons. The van der Waals surface area contributed by atoms with Crippen LogP contribution in [0.2, 0.25) is 0 Å². The van der Waals surface area contributed by atoms with E-state index in [-0.39, 0.29) is 0 Å². The predicted octanol–water partition coefficient (Wildman–Crippen LogP) is 6.71. The standard InChI is InChI=1S/C14H24N4.C14H10O4/c1-11(2)7-13(5,9-15)17-18-14(6,10-16)8-12(3)4;15-13(11-7-3-1-4-8-11)17-18-14(16)12-9-5-2-6-10-12/h11-12H,7-8H2,1-6H3;1-10H/b18-17+;. The highest BCUT2D eigenvalue weighted by Gasteiger charge is 2.29. The topological polar surface area (TPSA) is 125 Å². The lowest BCUT2D eigenvalue weighted by atomic mass is 9.92. The molecule has 0 spiro atoms. The van der Waals surface area contributed by atoms with E-state index in [1.165, 1.54) is 0 Å². The lowest BCUT2D eigenvalue weighted by Gasteiger charge is -2.22. The molecule has 0 amide bonds. The summed E-state index contributed by atoms with van der Waals surface area (Å²) in [6, 6.07) is 21.0. The summed E-state index contributed by atoms with van der Waals surface area (Å²) in [7, 11) is 0. The summed E-state index contributed by atoms with van der Waals surface area (Å²) in [5.74, 6) is -0.682. The van der Waals surface area contributed by atoms with E-state index in [1.54, 1.807) is 74.5 Å². The summed E-state index contributed by atoms with van der Waals surface area (Å²) in [6.07, 6.45) is 1.30. The van der Waals surface area contributed by atoms with Crippen LogP contribution in [0.3, 0.4) is 0 Å². The molecular formula is C28H34N4O4. The van der Waals surface area contributed by atoms with Crippen LogP contribution in [-0.2, 0) is 9.78 Å². The highest BCUT2D eigenvalue weighted by atomic mass is 17.2. The third kappa shape index (κ3) is 10.9. The van der Waals surface area contributed by atoms with Crippen LogP contribution < -0.4 is 0 Å². The van der Waals surface area contributed by atoms with Gasteiger partial charge in [-0.25, -0.2) is 19.4 Å². The number of carbonyl (C=O) groups excluding carboxylic acids is 2. The van der Waals surface area contributed by atoms with Crippen molar-refractivity contribution in [3.63, 3.8) is 0 Å². The molecule has 8 heteroatoms. The van der Waals surface area contributed by atoms with Gasteiger partial charge in [-0.3, -0.25) is 0 Å². The number of rotatable bonds is 8. The molecule has 2 atom stereocenters. The van der Waals surface area contributed by atoms with Crippen LogP contribution in [-0.4, -0.2) is 23.0 Å². The van der Waals surface area contributed by atoms with E-state index in [2.05, 4.69) is 32.1 Å². The van der Waals surface area contributed by atoms with Gasteiger partial charge in [0.1, 0.15) is 0 Å². The first-order valence-corrected chi connectivity index (χ1v) is 11.7. The molecule has 2 unspecified atom stereocenters. The molecule has 0 bridgehead atoms. The van der Waals surface area contributed by atoms with E-state index in [0.29, 0.717) is 35.8 Å². The molecule has 0 N–H and O–H groups in total. The second-order valence-corrected chi connectivity index (χ2v) is 9.64. The first-order valence-electron chi connectivity index (χ1n) is 11.7. The third-order valence-corrected chi connectivity index (χ3v) is 4.80. The van der Waals surface area contributed by atoms with Gasteiger partial charge in [0.05, 0.1) is 23.3 Å². The molecule has 8 nitrogen and oxygen atoms in total. The van der Waals surface area contributed by atoms with Gasteiger partial charge in [0.2, 0.25) is 0 Å². The van der Waals surface area contributed by atoms with Crippen LogP contribution in [0.25, 0.3) is 0 Å². The van der Waals surface area contributed by atoms with Crippen molar-refractivity contribution < 1.29 is 19.4 Å². The predicted molar refractivity (Wildman–Crippen MR) is 136 cm³/mol. The largest absolute Gasteiger partial charge is 0.386 e. The van der Waals surface area contributed by atoms with Gasteiger partial charge in [-0.05, 0) is 62.8 Å². The van der Waals surface area contributed by atoms with Gasteiger partial charge in [0, 0.05) is 0 Å². The van der Waals surface area contributed by atoms with E-state index < -0.39 is 23.0 Å². The van der Waals surface area contributed by atoms with Crippen LogP contribution in [0.1, 0.15) is 75.1 Å². The maximum atomic E-state index is 11.5. The van der Waals surface area contributed by atoms with E-state index in [0.717, 1.165) is 0 Å². The number of hydrogen-bond donors (Lipinski definition) is 0. The molecule has 2 aromatic rings. The van der Waals surface area contributed by atoms with Gasteiger partial charge in [0.25, 0.3) is 0 Å². The van der Waals surface area contributed by atoms with Crippen molar-refractivity contribution in [3.05, 3.63) is 71.8 Å². The van der Waals surface area contributed by atoms with E-state index in [4.69, 9.17) is 0 Å². The minimum absolute atomic E-state index is 0.318. The molecule has 0 aromatic heterocycles. The van der Waals surface area contributed by atoms with Gasteiger partial charge in [-0.1, -0.05) is 64.1 Å². The number of hydrogen-bond acceptors (Lipinski definition) is 8. The van der Waals surface area contributed by atoms with Crippen molar-refractivity contribution in [2.45, 2.75) is 65.5 Å². The van der Waals surface area contributed by atoms with E-state index in [9.17, 15) is 20.1 Å². The summed E-state index contributed by atoms with van der Waals surface area (Å²) in [5.41, 5.74) is -1.02. The van der Waals surface area contributed by atoms with Crippen molar-refractivity contribution in [2.24, 2.45) is 22.1 Å². The zero-order chi connectivity index (χ0) is 27.2. The minimum Gasteiger partial charge on any atom is -0.242 e. The zero-order valence-electron chi connectivity index (χ0n) is 21.8. The Balaban J connectivity index is 0.000000360. The van der Waals surface area contributed by atoms with Gasteiger partial charge in [0.15, 0.2) is 11.1 Å². The summed E-state index contributed by atoms with van der Waals surface area (Å²) in [5, 5.41) is 26.7. The molecule has 2 aromatic carbocycles. The van der Waals surface area contributed by atoms with E-state index >= 15 is 0 Å². The average molecular weight is 491 g/mol. The maximum Gasteiger partial charge on any atom is 0.386 e. The fourth-order valence-corrected chi connectivity index (χ4v) is 3.35. The average Bonchev–Trinajstić information content (AvgIpc) is 2.86. The van der Waals surface area contributed by atoms with Crippen molar-refractivity contribution in [1.82, 2.24) is 0 Å². The van der Waals surface area contributed by atoms with Crippen LogP contribution in [0.15, 0.2) is 70.9 Å². The van der Waals surface area contributed by atoms with Crippen molar-refractivity contribution in [3.8, 4) is 12.1 Å². The van der Waals surface area contributed by atoms with Crippen LogP contribution in [0, 0.1) is 34.5 Å². The quantitative estimate of drug-likeness (QED) is 0.230. The first kappa shape index (κ1) is 30.0. The van der Waals surface area contributed by atoms with Gasteiger partial charge < -0.3 is 0 Å². The SMILES string of the molecule is CC(C)CC(C)(C#N)/N=N/C(C)(C#N)CC(C)C.O=C(OOC(=O)c1ccccc1)c1ccccc1. The number of carbonyl (C=O) groups is 2. The summed E-state index contributed by atoms with van der Waals surface area (Å²) < 4.78 is 0.